The first-order valence-electron chi connectivity index (χ1n) is 5.38. The van der Waals surface area contributed by atoms with E-state index < -0.39 is 30.6 Å². The SMILES string of the molecule is CS(=O)(=O)c1ccc(S(=O)(=O)NCCCN)cc1F. The first-order valence-corrected chi connectivity index (χ1v) is 8.75. The summed E-state index contributed by atoms with van der Waals surface area (Å²) in [6.07, 6.45) is 1.29. The van der Waals surface area contributed by atoms with E-state index >= 15 is 0 Å². The summed E-state index contributed by atoms with van der Waals surface area (Å²) in [6.45, 7) is 0.457. The molecule has 1 rings (SSSR count). The Kier molecular flexibility index (Phi) is 5.02. The van der Waals surface area contributed by atoms with Gasteiger partial charge in [0.25, 0.3) is 0 Å². The molecule has 0 saturated heterocycles. The van der Waals surface area contributed by atoms with Gasteiger partial charge in [0, 0.05) is 12.8 Å². The Morgan fingerprint density at radius 2 is 1.89 bits per heavy atom. The molecular formula is C10H15FN2O4S2. The molecule has 6 nitrogen and oxygen atoms in total. The Labute approximate surface area is 111 Å². The van der Waals surface area contributed by atoms with Crippen LogP contribution in [0, 0.1) is 5.82 Å². The highest BCUT2D eigenvalue weighted by Crippen LogP contribution is 2.18. The number of nitrogens with two attached hydrogens (primary N) is 1. The highest BCUT2D eigenvalue weighted by Gasteiger charge is 2.19. The van der Waals surface area contributed by atoms with E-state index in [2.05, 4.69) is 4.72 Å². The van der Waals surface area contributed by atoms with Crippen molar-refractivity contribution in [3.63, 3.8) is 0 Å². The van der Waals surface area contributed by atoms with Gasteiger partial charge in [-0.25, -0.2) is 25.9 Å². The van der Waals surface area contributed by atoms with Gasteiger partial charge in [-0.2, -0.15) is 0 Å². The number of hydrogen-bond donors (Lipinski definition) is 2. The van der Waals surface area contributed by atoms with Gasteiger partial charge in [-0.05, 0) is 31.2 Å². The summed E-state index contributed by atoms with van der Waals surface area (Å²) in [4.78, 5) is -0.858. The van der Waals surface area contributed by atoms with Gasteiger partial charge in [-0.1, -0.05) is 0 Å². The van der Waals surface area contributed by atoms with Crippen LogP contribution in [0.2, 0.25) is 0 Å². The molecule has 1 aromatic carbocycles. The lowest BCUT2D eigenvalue weighted by Crippen LogP contribution is -2.26. The second-order valence-electron chi connectivity index (χ2n) is 3.90. The minimum Gasteiger partial charge on any atom is -0.330 e. The van der Waals surface area contributed by atoms with Gasteiger partial charge in [0.05, 0.1) is 4.90 Å². The molecule has 19 heavy (non-hydrogen) atoms. The Morgan fingerprint density at radius 1 is 1.26 bits per heavy atom. The van der Waals surface area contributed by atoms with Gasteiger partial charge in [0.2, 0.25) is 10.0 Å². The van der Waals surface area contributed by atoms with E-state index in [0.29, 0.717) is 19.0 Å². The number of hydrogen-bond acceptors (Lipinski definition) is 5. The van der Waals surface area contributed by atoms with E-state index in [1.807, 2.05) is 0 Å². The van der Waals surface area contributed by atoms with Crippen LogP contribution in [-0.4, -0.2) is 36.2 Å². The van der Waals surface area contributed by atoms with E-state index in [4.69, 9.17) is 5.73 Å². The Balaban J connectivity index is 3.08. The molecule has 0 bridgehead atoms. The van der Waals surface area contributed by atoms with Crippen molar-refractivity contribution in [2.75, 3.05) is 19.3 Å². The second kappa shape index (κ2) is 5.95. The van der Waals surface area contributed by atoms with Crippen LogP contribution in [0.15, 0.2) is 28.0 Å². The fourth-order valence-electron chi connectivity index (χ4n) is 1.34. The van der Waals surface area contributed by atoms with Crippen LogP contribution >= 0.6 is 0 Å². The van der Waals surface area contributed by atoms with Crippen LogP contribution in [0.25, 0.3) is 0 Å². The van der Waals surface area contributed by atoms with Crippen molar-refractivity contribution >= 4 is 19.9 Å². The highest BCUT2D eigenvalue weighted by molar-refractivity contribution is 7.90. The molecule has 0 saturated carbocycles. The molecule has 0 spiro atoms. The van der Waals surface area contributed by atoms with Crippen molar-refractivity contribution in [1.29, 1.82) is 0 Å². The lowest BCUT2D eigenvalue weighted by molar-refractivity contribution is 0.560. The van der Waals surface area contributed by atoms with E-state index in [1.165, 1.54) is 0 Å². The largest absolute Gasteiger partial charge is 0.330 e. The molecule has 1 aromatic rings. The number of sulfonamides is 1. The van der Waals surface area contributed by atoms with Gasteiger partial charge >= 0.3 is 0 Å². The molecule has 0 unspecified atom stereocenters. The van der Waals surface area contributed by atoms with Crippen molar-refractivity contribution in [3.05, 3.63) is 24.0 Å². The number of sulfone groups is 1. The number of rotatable bonds is 6. The normalized spacial score (nSPS) is 12.6. The first-order chi connectivity index (χ1) is 8.68. The van der Waals surface area contributed by atoms with Gasteiger partial charge in [-0.3, -0.25) is 0 Å². The maximum Gasteiger partial charge on any atom is 0.240 e. The summed E-state index contributed by atoms with van der Waals surface area (Å²) in [5.74, 6) is -1.09. The Bertz CT molecular complexity index is 656. The third-order valence-electron chi connectivity index (χ3n) is 2.29. The fourth-order valence-corrected chi connectivity index (χ4v) is 3.16. The molecule has 0 heterocycles. The fraction of sp³-hybridized carbons (Fsp3) is 0.400. The maximum absolute atomic E-state index is 13.6. The molecule has 108 valence electrons. The number of benzene rings is 1. The average Bonchev–Trinajstić information content (AvgIpc) is 2.27. The summed E-state index contributed by atoms with van der Waals surface area (Å²) in [5.41, 5.74) is 5.23. The van der Waals surface area contributed by atoms with Gasteiger partial charge in [0.1, 0.15) is 10.7 Å². The van der Waals surface area contributed by atoms with Crippen LogP contribution in [0.1, 0.15) is 6.42 Å². The molecule has 0 aliphatic rings. The number of halogens is 1. The van der Waals surface area contributed by atoms with E-state index in [9.17, 15) is 21.2 Å². The Morgan fingerprint density at radius 3 is 2.37 bits per heavy atom. The van der Waals surface area contributed by atoms with E-state index in [-0.39, 0.29) is 11.4 Å². The molecule has 3 N–H and O–H groups in total. The van der Waals surface area contributed by atoms with E-state index in [0.717, 1.165) is 18.4 Å². The van der Waals surface area contributed by atoms with Crippen LogP contribution in [0.4, 0.5) is 4.39 Å². The quantitative estimate of drug-likeness (QED) is 0.711. The minimum atomic E-state index is -3.86. The Hall–Kier alpha value is -1.03. The zero-order chi connectivity index (χ0) is 14.7. The van der Waals surface area contributed by atoms with Crippen LogP contribution in [0.5, 0.6) is 0 Å². The third-order valence-corrected chi connectivity index (χ3v) is 4.87. The van der Waals surface area contributed by atoms with Crippen molar-refractivity contribution in [2.24, 2.45) is 5.73 Å². The average molecular weight is 310 g/mol. The van der Waals surface area contributed by atoms with Gasteiger partial charge in [0.15, 0.2) is 9.84 Å². The maximum atomic E-state index is 13.6. The van der Waals surface area contributed by atoms with Crippen LogP contribution < -0.4 is 10.5 Å². The highest BCUT2D eigenvalue weighted by atomic mass is 32.2. The summed E-state index contributed by atoms with van der Waals surface area (Å²) >= 11 is 0. The van der Waals surface area contributed by atoms with Gasteiger partial charge < -0.3 is 5.73 Å². The molecule has 0 aliphatic carbocycles. The molecule has 0 aromatic heterocycles. The summed E-state index contributed by atoms with van der Waals surface area (Å²) in [6, 6.07) is 2.66. The van der Waals surface area contributed by atoms with Crippen LogP contribution in [-0.2, 0) is 19.9 Å². The third kappa shape index (κ3) is 4.23. The first kappa shape index (κ1) is 16.0. The van der Waals surface area contributed by atoms with Crippen LogP contribution in [0.3, 0.4) is 0 Å². The molecule has 0 fully saturated rings. The molecule has 0 aliphatic heterocycles. The number of nitrogens with one attached hydrogen (secondary N) is 1. The van der Waals surface area contributed by atoms with Crippen molar-refractivity contribution in [1.82, 2.24) is 4.72 Å². The van der Waals surface area contributed by atoms with Crippen molar-refractivity contribution in [3.8, 4) is 0 Å². The lowest BCUT2D eigenvalue weighted by Gasteiger charge is -2.07. The second-order valence-corrected chi connectivity index (χ2v) is 7.66. The lowest BCUT2D eigenvalue weighted by atomic mass is 10.3. The van der Waals surface area contributed by atoms with Gasteiger partial charge in [-0.15, -0.1) is 0 Å². The summed E-state index contributed by atoms with van der Waals surface area (Å²) in [5, 5.41) is 0. The monoisotopic (exact) mass is 310 g/mol. The van der Waals surface area contributed by atoms with Crippen molar-refractivity contribution < 1.29 is 21.2 Å². The minimum absolute atomic E-state index is 0.133. The smallest absolute Gasteiger partial charge is 0.240 e. The molecular weight excluding hydrogens is 295 g/mol. The molecule has 0 atom stereocenters. The predicted molar refractivity (Wildman–Crippen MR) is 68.4 cm³/mol. The van der Waals surface area contributed by atoms with Crippen molar-refractivity contribution in [2.45, 2.75) is 16.2 Å². The zero-order valence-corrected chi connectivity index (χ0v) is 11.9. The molecule has 9 heteroatoms. The standard InChI is InChI=1S/C10H15FN2O4S2/c1-18(14,15)10-4-3-8(7-9(10)11)19(16,17)13-6-2-5-12/h3-4,7,13H,2,5-6,12H2,1H3. The summed E-state index contributed by atoms with van der Waals surface area (Å²) in [7, 11) is -7.58. The molecule has 0 radical (unpaired) electrons. The zero-order valence-electron chi connectivity index (χ0n) is 10.3. The van der Waals surface area contributed by atoms with E-state index in [1.54, 1.807) is 0 Å². The molecule has 0 amide bonds. The topological polar surface area (TPSA) is 106 Å². The summed E-state index contributed by atoms with van der Waals surface area (Å²) < 4.78 is 61.7. The predicted octanol–water partition coefficient (Wildman–Crippen LogP) is -0.144.